The Kier molecular flexibility index (Phi) is 5.70. The van der Waals surface area contributed by atoms with E-state index in [9.17, 15) is 18.0 Å². The molecule has 1 aromatic heterocycles. The zero-order chi connectivity index (χ0) is 18.9. The van der Waals surface area contributed by atoms with Crippen molar-refractivity contribution in [2.45, 2.75) is 19.9 Å². The molecule has 1 aliphatic heterocycles. The topological polar surface area (TPSA) is 97.7 Å². The van der Waals surface area contributed by atoms with Crippen molar-refractivity contribution in [1.29, 1.82) is 0 Å². The van der Waals surface area contributed by atoms with Crippen molar-refractivity contribution in [2.24, 2.45) is 13.0 Å². The summed E-state index contributed by atoms with van der Waals surface area (Å²) in [4.78, 5) is 25.0. The Morgan fingerprint density at radius 2 is 2.00 bits per heavy atom. The molecule has 1 aliphatic rings. The second kappa shape index (κ2) is 7.27. The van der Waals surface area contributed by atoms with Crippen molar-refractivity contribution < 1.29 is 17.9 Å². The van der Waals surface area contributed by atoms with E-state index < -0.39 is 22.0 Å². The minimum absolute atomic E-state index is 0.0780. The Morgan fingerprint density at radius 3 is 2.60 bits per heavy atom. The first-order valence-electron chi connectivity index (χ1n) is 8.00. The highest BCUT2D eigenvalue weighted by Gasteiger charge is 2.34. The molecule has 0 aromatic carbocycles. The SMILES string of the molecule is Cc1cc(C)n(C)c(=O)c1C(=O)N[C@H]1COC[C@H]1CS(=O)(=O)N(C)C. The van der Waals surface area contributed by atoms with Crippen LogP contribution >= 0.6 is 0 Å². The van der Waals surface area contributed by atoms with E-state index in [1.54, 1.807) is 27.0 Å². The van der Waals surface area contributed by atoms with Gasteiger partial charge in [-0.3, -0.25) is 9.59 Å². The Bertz CT molecular complexity index is 829. The molecule has 0 bridgehead atoms. The van der Waals surface area contributed by atoms with Gasteiger partial charge in [0.25, 0.3) is 11.5 Å². The van der Waals surface area contributed by atoms with E-state index in [1.165, 1.54) is 18.7 Å². The van der Waals surface area contributed by atoms with Crippen LogP contribution in [0.1, 0.15) is 21.6 Å². The highest BCUT2D eigenvalue weighted by molar-refractivity contribution is 7.89. The number of nitrogens with one attached hydrogen (secondary N) is 1. The average Bonchev–Trinajstić information content (AvgIpc) is 2.91. The van der Waals surface area contributed by atoms with E-state index in [2.05, 4.69) is 5.32 Å². The van der Waals surface area contributed by atoms with Crippen LogP contribution < -0.4 is 10.9 Å². The van der Waals surface area contributed by atoms with Gasteiger partial charge in [0.05, 0.1) is 25.0 Å². The predicted octanol–water partition coefficient (Wildman–Crippen LogP) is -0.362. The molecular weight excluding hydrogens is 346 g/mol. The summed E-state index contributed by atoms with van der Waals surface area (Å²) in [5.74, 6) is -0.970. The standard InChI is InChI=1S/C16H25N3O5S/c1-10-6-11(2)19(5)16(21)14(10)15(20)17-13-8-24-7-12(13)9-25(22,23)18(3)4/h6,12-13H,7-9H2,1-5H3,(H,17,20)/t12-,13-/m0/s1. The Hall–Kier alpha value is -1.71. The van der Waals surface area contributed by atoms with Gasteiger partial charge in [0.2, 0.25) is 10.0 Å². The quantitative estimate of drug-likeness (QED) is 0.762. The fraction of sp³-hybridized carbons (Fsp3) is 0.625. The Morgan fingerprint density at radius 1 is 1.36 bits per heavy atom. The summed E-state index contributed by atoms with van der Waals surface area (Å²) in [7, 11) is 1.14. The van der Waals surface area contributed by atoms with Gasteiger partial charge in [0.15, 0.2) is 0 Å². The molecule has 2 atom stereocenters. The largest absolute Gasteiger partial charge is 0.379 e. The molecule has 0 aliphatic carbocycles. The minimum Gasteiger partial charge on any atom is -0.379 e. The normalized spacial score (nSPS) is 20.9. The van der Waals surface area contributed by atoms with E-state index in [0.29, 0.717) is 5.56 Å². The molecule has 0 unspecified atom stereocenters. The number of aromatic nitrogens is 1. The van der Waals surface area contributed by atoms with Crippen LogP contribution in [0, 0.1) is 19.8 Å². The summed E-state index contributed by atoms with van der Waals surface area (Å²) in [6.07, 6.45) is 0. The summed E-state index contributed by atoms with van der Waals surface area (Å²) in [6, 6.07) is 1.32. The second-order valence-electron chi connectivity index (χ2n) is 6.65. The molecule has 1 saturated heterocycles. The van der Waals surface area contributed by atoms with Crippen LogP contribution in [0.3, 0.4) is 0 Å². The second-order valence-corrected chi connectivity index (χ2v) is 8.87. The van der Waals surface area contributed by atoms with Crippen molar-refractivity contribution >= 4 is 15.9 Å². The fourth-order valence-electron chi connectivity index (χ4n) is 2.84. The first kappa shape index (κ1) is 19.6. The minimum atomic E-state index is -3.41. The average molecular weight is 371 g/mol. The molecule has 8 nitrogen and oxygen atoms in total. The number of carbonyl (C=O) groups excluding carboxylic acids is 1. The van der Waals surface area contributed by atoms with E-state index >= 15 is 0 Å². The molecule has 1 fully saturated rings. The maximum absolute atomic E-state index is 12.6. The third kappa shape index (κ3) is 4.10. The molecule has 0 radical (unpaired) electrons. The number of carbonyl (C=O) groups is 1. The predicted molar refractivity (Wildman–Crippen MR) is 94.2 cm³/mol. The van der Waals surface area contributed by atoms with Gasteiger partial charge in [0.1, 0.15) is 5.56 Å². The van der Waals surface area contributed by atoms with Gasteiger partial charge >= 0.3 is 0 Å². The van der Waals surface area contributed by atoms with Gasteiger partial charge in [-0.05, 0) is 25.5 Å². The molecule has 0 spiro atoms. The lowest BCUT2D eigenvalue weighted by molar-refractivity contribution is 0.0923. The van der Waals surface area contributed by atoms with Gasteiger partial charge in [0, 0.05) is 32.8 Å². The molecule has 9 heteroatoms. The summed E-state index contributed by atoms with van der Waals surface area (Å²) in [5.41, 5.74) is 1.06. The highest BCUT2D eigenvalue weighted by Crippen LogP contribution is 2.18. The number of ether oxygens (including phenoxy) is 1. The number of hydrogen-bond acceptors (Lipinski definition) is 5. The highest BCUT2D eigenvalue weighted by atomic mass is 32.2. The van der Waals surface area contributed by atoms with E-state index in [0.717, 1.165) is 10.00 Å². The van der Waals surface area contributed by atoms with Crippen molar-refractivity contribution in [3.05, 3.63) is 33.2 Å². The van der Waals surface area contributed by atoms with Crippen LogP contribution in [0.15, 0.2) is 10.9 Å². The number of rotatable bonds is 5. The van der Waals surface area contributed by atoms with Crippen LogP contribution in [0.4, 0.5) is 0 Å². The Labute approximate surface area is 147 Å². The van der Waals surface area contributed by atoms with Crippen LogP contribution in [0.25, 0.3) is 0 Å². The number of hydrogen-bond donors (Lipinski definition) is 1. The number of sulfonamides is 1. The third-order valence-electron chi connectivity index (χ3n) is 4.59. The molecule has 1 aromatic rings. The number of amides is 1. The first-order valence-corrected chi connectivity index (χ1v) is 9.61. The van der Waals surface area contributed by atoms with Crippen molar-refractivity contribution in [2.75, 3.05) is 33.1 Å². The summed E-state index contributed by atoms with van der Waals surface area (Å²) in [5, 5.41) is 2.77. The molecule has 2 heterocycles. The first-order chi connectivity index (χ1) is 11.5. The van der Waals surface area contributed by atoms with E-state index in [1.807, 2.05) is 0 Å². The van der Waals surface area contributed by atoms with Crippen molar-refractivity contribution in [1.82, 2.24) is 14.2 Å². The van der Waals surface area contributed by atoms with Crippen molar-refractivity contribution in [3.63, 3.8) is 0 Å². The molecule has 140 valence electrons. The number of nitrogens with zero attached hydrogens (tertiary/aromatic N) is 2. The van der Waals surface area contributed by atoms with E-state index in [-0.39, 0.29) is 36.0 Å². The summed E-state index contributed by atoms with van der Waals surface area (Å²) in [6.45, 7) is 3.99. The van der Waals surface area contributed by atoms with Gasteiger partial charge in [-0.15, -0.1) is 0 Å². The zero-order valence-electron chi connectivity index (χ0n) is 15.2. The Balaban J connectivity index is 2.21. The molecule has 25 heavy (non-hydrogen) atoms. The van der Waals surface area contributed by atoms with Crippen LogP contribution in [-0.2, 0) is 21.8 Å². The smallest absolute Gasteiger partial charge is 0.263 e. The lowest BCUT2D eigenvalue weighted by Crippen LogP contribution is -2.45. The van der Waals surface area contributed by atoms with Gasteiger partial charge in [-0.1, -0.05) is 0 Å². The molecule has 0 saturated carbocycles. The number of pyridine rings is 1. The number of aryl methyl sites for hydroxylation is 2. The summed E-state index contributed by atoms with van der Waals surface area (Å²) >= 11 is 0. The van der Waals surface area contributed by atoms with Gasteiger partial charge in [-0.2, -0.15) is 0 Å². The lowest BCUT2D eigenvalue weighted by Gasteiger charge is -2.21. The van der Waals surface area contributed by atoms with E-state index in [4.69, 9.17) is 4.74 Å². The summed E-state index contributed by atoms with van der Waals surface area (Å²) < 4.78 is 32.1. The molecular formula is C16H25N3O5S. The van der Waals surface area contributed by atoms with Crippen molar-refractivity contribution in [3.8, 4) is 0 Å². The van der Waals surface area contributed by atoms with Crippen LogP contribution in [0.2, 0.25) is 0 Å². The lowest BCUT2D eigenvalue weighted by atomic mass is 10.0. The van der Waals surface area contributed by atoms with Gasteiger partial charge < -0.3 is 14.6 Å². The third-order valence-corrected chi connectivity index (χ3v) is 6.55. The zero-order valence-corrected chi connectivity index (χ0v) is 16.0. The van der Waals surface area contributed by atoms with Crippen LogP contribution in [-0.4, -0.2) is 62.3 Å². The molecule has 2 rings (SSSR count). The molecule has 1 amide bonds. The van der Waals surface area contributed by atoms with Gasteiger partial charge in [-0.25, -0.2) is 12.7 Å². The molecule has 1 N–H and O–H groups in total. The monoisotopic (exact) mass is 371 g/mol. The maximum atomic E-state index is 12.6. The van der Waals surface area contributed by atoms with Crippen LogP contribution in [0.5, 0.6) is 0 Å². The maximum Gasteiger partial charge on any atom is 0.263 e. The fourth-order valence-corrected chi connectivity index (χ4v) is 4.01.